The van der Waals surface area contributed by atoms with Gasteiger partial charge in [0.2, 0.25) is 11.8 Å². The highest BCUT2D eigenvalue weighted by atomic mass is 32.1. The molecule has 4 nitrogen and oxygen atoms in total. The monoisotopic (exact) mass is 286 g/mol. The molecule has 3 rings (SSSR count). The zero-order valence-corrected chi connectivity index (χ0v) is 11.6. The van der Waals surface area contributed by atoms with Crippen molar-refractivity contribution in [2.45, 2.75) is 12.6 Å². The Morgan fingerprint density at radius 2 is 1.95 bits per heavy atom. The van der Waals surface area contributed by atoms with Crippen molar-refractivity contribution in [3.05, 3.63) is 58.3 Å². The van der Waals surface area contributed by atoms with Crippen molar-refractivity contribution in [3.63, 3.8) is 0 Å². The van der Waals surface area contributed by atoms with Crippen LogP contribution in [0.15, 0.2) is 47.8 Å². The molecule has 5 heteroatoms. The van der Waals surface area contributed by atoms with Crippen LogP contribution in [0, 0.1) is 0 Å². The predicted octanol–water partition coefficient (Wildman–Crippen LogP) is 1.95. The molecule has 2 aromatic rings. The highest BCUT2D eigenvalue weighted by Gasteiger charge is 2.35. The summed E-state index contributed by atoms with van der Waals surface area (Å²) >= 11 is 1.59. The van der Waals surface area contributed by atoms with E-state index in [-0.39, 0.29) is 18.4 Å². The number of thiophene rings is 1. The van der Waals surface area contributed by atoms with E-state index in [9.17, 15) is 9.59 Å². The van der Waals surface area contributed by atoms with Crippen LogP contribution in [0.4, 0.5) is 0 Å². The maximum Gasteiger partial charge on any atom is 0.247 e. The van der Waals surface area contributed by atoms with Crippen molar-refractivity contribution in [2.24, 2.45) is 0 Å². The van der Waals surface area contributed by atoms with Crippen LogP contribution in [0.1, 0.15) is 16.5 Å². The van der Waals surface area contributed by atoms with Gasteiger partial charge in [0, 0.05) is 4.88 Å². The molecule has 0 spiro atoms. The Hall–Kier alpha value is -2.14. The Kier molecular flexibility index (Phi) is 3.52. The molecule has 1 aromatic carbocycles. The summed E-state index contributed by atoms with van der Waals surface area (Å²) in [6.07, 6.45) is 0. The third-order valence-electron chi connectivity index (χ3n) is 3.32. The summed E-state index contributed by atoms with van der Waals surface area (Å²) in [5, 5.41) is 4.64. The number of amides is 2. The summed E-state index contributed by atoms with van der Waals surface area (Å²) in [6, 6.07) is 12.8. The van der Waals surface area contributed by atoms with Crippen molar-refractivity contribution in [2.75, 3.05) is 6.54 Å². The molecule has 0 aliphatic carbocycles. The average Bonchev–Trinajstić information content (AvgIpc) is 2.97. The summed E-state index contributed by atoms with van der Waals surface area (Å²) in [5.41, 5.74) is 0.842. The predicted molar refractivity (Wildman–Crippen MR) is 77.1 cm³/mol. The topological polar surface area (TPSA) is 49.4 Å². The maximum absolute atomic E-state index is 12.2. The third-order valence-corrected chi connectivity index (χ3v) is 4.18. The van der Waals surface area contributed by atoms with Crippen LogP contribution in [0.25, 0.3) is 0 Å². The molecule has 102 valence electrons. The molecular formula is C15H14N2O2S. The van der Waals surface area contributed by atoms with Gasteiger partial charge < -0.3 is 10.2 Å². The van der Waals surface area contributed by atoms with E-state index in [2.05, 4.69) is 5.32 Å². The Morgan fingerprint density at radius 3 is 2.65 bits per heavy atom. The van der Waals surface area contributed by atoms with E-state index in [0.29, 0.717) is 6.54 Å². The fourth-order valence-electron chi connectivity index (χ4n) is 2.36. The van der Waals surface area contributed by atoms with Gasteiger partial charge >= 0.3 is 0 Å². The smallest absolute Gasteiger partial charge is 0.247 e. The first-order chi connectivity index (χ1) is 9.75. The standard InChI is InChI=1S/C15H14N2O2S/c18-13-9-16-15(19)14(11-5-2-1-3-6-11)17(13)10-12-7-4-8-20-12/h1-8,14H,9-10H2,(H,16,19). The second-order valence-electron chi connectivity index (χ2n) is 4.63. The summed E-state index contributed by atoms with van der Waals surface area (Å²) in [7, 11) is 0. The van der Waals surface area contributed by atoms with Gasteiger partial charge in [0.15, 0.2) is 0 Å². The molecule has 1 atom stereocenters. The molecule has 1 unspecified atom stereocenters. The summed E-state index contributed by atoms with van der Waals surface area (Å²) in [4.78, 5) is 27.1. The number of hydrogen-bond donors (Lipinski definition) is 1. The minimum absolute atomic E-state index is 0.0492. The number of hydrogen-bond acceptors (Lipinski definition) is 3. The number of rotatable bonds is 3. The number of nitrogens with one attached hydrogen (secondary N) is 1. The first-order valence-corrected chi connectivity index (χ1v) is 7.28. The molecule has 1 aliphatic rings. The van der Waals surface area contributed by atoms with Crippen molar-refractivity contribution in [3.8, 4) is 0 Å². The average molecular weight is 286 g/mol. The third kappa shape index (κ3) is 2.44. The number of carbonyl (C=O) groups excluding carboxylic acids is 2. The van der Waals surface area contributed by atoms with E-state index in [0.717, 1.165) is 10.4 Å². The maximum atomic E-state index is 12.2. The Balaban J connectivity index is 1.93. The van der Waals surface area contributed by atoms with Crippen molar-refractivity contribution in [1.82, 2.24) is 10.2 Å². The first kappa shape index (κ1) is 12.9. The molecule has 1 fully saturated rings. The van der Waals surface area contributed by atoms with Crippen molar-refractivity contribution in [1.29, 1.82) is 0 Å². The minimum atomic E-state index is -0.542. The van der Waals surface area contributed by atoms with Gasteiger partial charge in [0.1, 0.15) is 6.04 Å². The number of benzene rings is 1. The first-order valence-electron chi connectivity index (χ1n) is 6.40. The van der Waals surface area contributed by atoms with E-state index in [1.807, 2.05) is 47.8 Å². The second kappa shape index (κ2) is 5.46. The highest BCUT2D eigenvalue weighted by Crippen LogP contribution is 2.26. The second-order valence-corrected chi connectivity index (χ2v) is 5.66. The molecular weight excluding hydrogens is 272 g/mol. The van der Waals surface area contributed by atoms with Gasteiger partial charge in [-0.05, 0) is 17.0 Å². The van der Waals surface area contributed by atoms with Gasteiger partial charge in [-0.25, -0.2) is 0 Å². The van der Waals surface area contributed by atoms with Crippen LogP contribution in [0.2, 0.25) is 0 Å². The number of piperazine rings is 1. The molecule has 1 N–H and O–H groups in total. The van der Waals surface area contributed by atoms with Crippen molar-refractivity contribution < 1.29 is 9.59 Å². The number of carbonyl (C=O) groups is 2. The fraction of sp³-hybridized carbons (Fsp3) is 0.200. The van der Waals surface area contributed by atoms with Gasteiger partial charge in [-0.3, -0.25) is 9.59 Å². The quantitative estimate of drug-likeness (QED) is 0.937. The minimum Gasteiger partial charge on any atom is -0.345 e. The van der Waals surface area contributed by atoms with Gasteiger partial charge in [-0.1, -0.05) is 36.4 Å². The Morgan fingerprint density at radius 1 is 1.15 bits per heavy atom. The summed E-state index contributed by atoms with van der Waals surface area (Å²) < 4.78 is 0. The molecule has 0 saturated carbocycles. The van der Waals surface area contributed by atoms with Crippen LogP contribution in [0.5, 0.6) is 0 Å². The van der Waals surface area contributed by atoms with E-state index < -0.39 is 6.04 Å². The SMILES string of the molecule is O=C1NCC(=O)N(Cc2cccs2)C1c1ccccc1. The largest absolute Gasteiger partial charge is 0.345 e. The molecule has 2 heterocycles. The Bertz CT molecular complexity index is 610. The van der Waals surface area contributed by atoms with Crippen molar-refractivity contribution >= 4 is 23.2 Å². The zero-order valence-electron chi connectivity index (χ0n) is 10.8. The van der Waals surface area contributed by atoms with Crippen LogP contribution in [0.3, 0.4) is 0 Å². The molecule has 0 radical (unpaired) electrons. The van der Waals surface area contributed by atoms with E-state index >= 15 is 0 Å². The lowest BCUT2D eigenvalue weighted by Crippen LogP contribution is -2.52. The molecule has 20 heavy (non-hydrogen) atoms. The molecule has 0 bridgehead atoms. The Labute approximate surface area is 121 Å². The number of nitrogens with zero attached hydrogens (tertiary/aromatic N) is 1. The van der Waals surface area contributed by atoms with Gasteiger partial charge in [0.25, 0.3) is 0 Å². The molecule has 1 aliphatic heterocycles. The lowest BCUT2D eigenvalue weighted by Gasteiger charge is -2.34. The van der Waals surface area contributed by atoms with E-state index in [4.69, 9.17) is 0 Å². The normalized spacial score (nSPS) is 19.0. The zero-order chi connectivity index (χ0) is 13.9. The van der Waals surface area contributed by atoms with Crippen LogP contribution >= 0.6 is 11.3 Å². The van der Waals surface area contributed by atoms with E-state index in [1.165, 1.54) is 0 Å². The summed E-state index contributed by atoms with van der Waals surface area (Å²) in [5.74, 6) is -0.167. The highest BCUT2D eigenvalue weighted by molar-refractivity contribution is 7.09. The van der Waals surface area contributed by atoms with Gasteiger partial charge in [0.05, 0.1) is 13.1 Å². The fourth-order valence-corrected chi connectivity index (χ4v) is 3.07. The van der Waals surface area contributed by atoms with E-state index in [1.54, 1.807) is 16.2 Å². The lowest BCUT2D eigenvalue weighted by molar-refractivity contribution is -0.146. The molecule has 1 saturated heterocycles. The van der Waals surface area contributed by atoms with Crippen LogP contribution in [-0.2, 0) is 16.1 Å². The summed E-state index contributed by atoms with van der Waals surface area (Å²) in [6.45, 7) is 0.553. The van der Waals surface area contributed by atoms with Gasteiger partial charge in [-0.2, -0.15) is 0 Å². The molecule has 1 aromatic heterocycles. The lowest BCUT2D eigenvalue weighted by atomic mass is 10.0. The molecule has 2 amide bonds. The van der Waals surface area contributed by atoms with Gasteiger partial charge in [-0.15, -0.1) is 11.3 Å². The van der Waals surface area contributed by atoms with Crippen LogP contribution in [-0.4, -0.2) is 23.3 Å². The van der Waals surface area contributed by atoms with Crippen LogP contribution < -0.4 is 5.32 Å².